The van der Waals surface area contributed by atoms with Gasteiger partial charge in [-0.3, -0.25) is 5.10 Å². The highest BCUT2D eigenvalue weighted by Crippen LogP contribution is 2.30. The second-order valence-electron chi connectivity index (χ2n) is 6.60. The minimum absolute atomic E-state index is 0.283. The van der Waals surface area contributed by atoms with Gasteiger partial charge in [-0.1, -0.05) is 12.1 Å². The number of nitrogens with zero attached hydrogens (tertiary/aromatic N) is 5. The van der Waals surface area contributed by atoms with Gasteiger partial charge < -0.3 is 4.90 Å². The van der Waals surface area contributed by atoms with Crippen LogP contribution in [0.2, 0.25) is 0 Å². The number of H-pyrrole nitrogens is 1. The molecule has 0 amide bonds. The highest BCUT2D eigenvalue weighted by Gasteiger charge is 2.30. The lowest BCUT2D eigenvalue weighted by Crippen LogP contribution is -2.19. The third kappa shape index (κ3) is 3.42. The fourth-order valence-corrected chi connectivity index (χ4v) is 3.07. The van der Waals surface area contributed by atoms with E-state index in [1.165, 1.54) is 6.07 Å². The van der Waals surface area contributed by atoms with Crippen LogP contribution >= 0.6 is 0 Å². The third-order valence-electron chi connectivity index (χ3n) is 4.39. The lowest BCUT2D eigenvalue weighted by molar-refractivity contribution is -0.137. The molecule has 0 aliphatic rings. The molecule has 0 atom stereocenters. The first-order valence-electron chi connectivity index (χ1n) is 8.55. The Labute approximate surface area is 158 Å². The third-order valence-corrected chi connectivity index (χ3v) is 4.39. The van der Waals surface area contributed by atoms with Gasteiger partial charge in [0.15, 0.2) is 5.65 Å². The van der Waals surface area contributed by atoms with E-state index in [1.54, 1.807) is 34.9 Å². The lowest BCUT2D eigenvalue weighted by atomic mass is 10.1. The molecule has 0 fully saturated rings. The summed E-state index contributed by atoms with van der Waals surface area (Å²) >= 11 is 0. The highest BCUT2D eigenvalue weighted by atomic mass is 19.4. The number of aromatic nitrogens is 5. The van der Waals surface area contributed by atoms with Gasteiger partial charge >= 0.3 is 6.18 Å². The van der Waals surface area contributed by atoms with E-state index >= 15 is 0 Å². The van der Waals surface area contributed by atoms with Gasteiger partial charge in [0.05, 0.1) is 23.1 Å². The van der Waals surface area contributed by atoms with Crippen molar-refractivity contribution in [3.05, 3.63) is 65.6 Å². The first kappa shape index (κ1) is 18.0. The molecule has 1 N–H and O–H groups in total. The molecule has 0 aliphatic heterocycles. The summed E-state index contributed by atoms with van der Waals surface area (Å²) in [5, 5.41) is 11.2. The maximum absolute atomic E-state index is 13.0. The van der Waals surface area contributed by atoms with Crippen molar-refractivity contribution in [1.29, 1.82) is 0 Å². The molecular weight excluding hydrogens is 369 g/mol. The Bertz CT molecular complexity index is 1110. The Balaban J connectivity index is 1.71. The van der Waals surface area contributed by atoms with E-state index in [0.717, 1.165) is 29.1 Å². The Hall–Kier alpha value is -3.36. The average molecular weight is 386 g/mol. The zero-order valence-electron chi connectivity index (χ0n) is 15.2. The molecule has 0 aliphatic carbocycles. The van der Waals surface area contributed by atoms with Crippen molar-refractivity contribution < 1.29 is 13.2 Å². The summed E-state index contributed by atoms with van der Waals surface area (Å²) in [4.78, 5) is 6.41. The molecule has 3 heterocycles. The van der Waals surface area contributed by atoms with Gasteiger partial charge in [-0.05, 0) is 24.6 Å². The summed E-state index contributed by atoms with van der Waals surface area (Å²) in [5.74, 6) is 0.626. The fourth-order valence-electron chi connectivity index (χ4n) is 3.07. The van der Waals surface area contributed by atoms with Gasteiger partial charge in [-0.2, -0.15) is 23.4 Å². The minimum Gasteiger partial charge on any atom is -0.355 e. The van der Waals surface area contributed by atoms with Gasteiger partial charge in [0.1, 0.15) is 5.82 Å². The number of benzene rings is 1. The van der Waals surface area contributed by atoms with E-state index in [9.17, 15) is 13.2 Å². The first-order valence-corrected chi connectivity index (χ1v) is 8.55. The van der Waals surface area contributed by atoms with Crippen LogP contribution in [0.1, 0.15) is 16.8 Å². The Morgan fingerprint density at radius 3 is 2.71 bits per heavy atom. The largest absolute Gasteiger partial charge is 0.416 e. The fraction of sp³-hybridized carbons (Fsp3) is 0.211. The summed E-state index contributed by atoms with van der Waals surface area (Å²) in [5.41, 5.74) is 2.99. The van der Waals surface area contributed by atoms with E-state index in [4.69, 9.17) is 0 Å². The Morgan fingerprint density at radius 1 is 1.18 bits per heavy atom. The smallest absolute Gasteiger partial charge is 0.355 e. The van der Waals surface area contributed by atoms with Crippen molar-refractivity contribution >= 4 is 11.5 Å². The van der Waals surface area contributed by atoms with Crippen LogP contribution in [0.25, 0.3) is 16.9 Å². The molecule has 4 rings (SSSR count). The zero-order chi connectivity index (χ0) is 19.9. The predicted octanol–water partition coefficient (Wildman–Crippen LogP) is 4.08. The normalized spacial score (nSPS) is 11.9. The molecule has 28 heavy (non-hydrogen) atoms. The Kier molecular flexibility index (Phi) is 4.29. The molecule has 0 unspecified atom stereocenters. The number of halogens is 3. The maximum Gasteiger partial charge on any atom is 0.416 e. The van der Waals surface area contributed by atoms with Crippen LogP contribution in [0.3, 0.4) is 0 Å². The SMILES string of the molecule is Cc1cc2nc(N(C)Cc3cccc(C(F)(F)F)c3)cc(-c3cn[nH]c3)n2n1. The van der Waals surface area contributed by atoms with Crippen molar-refractivity contribution in [2.75, 3.05) is 11.9 Å². The van der Waals surface area contributed by atoms with Gasteiger partial charge in [0.25, 0.3) is 0 Å². The maximum atomic E-state index is 13.0. The lowest BCUT2D eigenvalue weighted by Gasteiger charge is -2.20. The molecule has 1 aromatic carbocycles. The number of anilines is 1. The summed E-state index contributed by atoms with van der Waals surface area (Å²) in [6.45, 7) is 2.16. The number of aryl methyl sites for hydroxylation is 1. The molecule has 0 spiro atoms. The summed E-state index contributed by atoms with van der Waals surface area (Å²) in [6.07, 6.45) is -0.930. The number of rotatable bonds is 4. The van der Waals surface area contributed by atoms with Crippen LogP contribution in [0.5, 0.6) is 0 Å². The molecule has 144 valence electrons. The topological polar surface area (TPSA) is 62.1 Å². The summed E-state index contributed by atoms with van der Waals surface area (Å²) in [7, 11) is 1.79. The minimum atomic E-state index is -4.37. The van der Waals surface area contributed by atoms with Crippen molar-refractivity contribution in [2.45, 2.75) is 19.6 Å². The van der Waals surface area contributed by atoms with E-state index in [1.807, 2.05) is 19.1 Å². The molecule has 0 radical (unpaired) electrons. The number of hydrogen-bond acceptors (Lipinski definition) is 4. The van der Waals surface area contributed by atoms with Crippen molar-refractivity contribution in [3.63, 3.8) is 0 Å². The van der Waals surface area contributed by atoms with Crippen LogP contribution in [0, 0.1) is 6.92 Å². The molecular formula is C19H17F3N6. The molecule has 0 saturated carbocycles. The van der Waals surface area contributed by atoms with Crippen molar-refractivity contribution in [3.8, 4) is 11.3 Å². The molecule has 0 saturated heterocycles. The molecule has 3 aromatic heterocycles. The number of alkyl halides is 3. The van der Waals surface area contributed by atoms with E-state index in [2.05, 4.69) is 20.3 Å². The van der Waals surface area contributed by atoms with Crippen LogP contribution in [-0.4, -0.2) is 31.8 Å². The van der Waals surface area contributed by atoms with Gasteiger partial charge in [-0.25, -0.2) is 9.50 Å². The second kappa shape index (κ2) is 6.66. The van der Waals surface area contributed by atoms with Gasteiger partial charge in [0, 0.05) is 37.5 Å². The van der Waals surface area contributed by atoms with Crippen LogP contribution in [0.15, 0.2) is 48.8 Å². The molecule has 4 aromatic rings. The summed E-state index contributed by atoms with van der Waals surface area (Å²) < 4.78 is 40.6. The van der Waals surface area contributed by atoms with E-state index in [0.29, 0.717) is 17.0 Å². The van der Waals surface area contributed by atoms with Crippen LogP contribution in [0.4, 0.5) is 19.0 Å². The number of fused-ring (bicyclic) bond motifs is 1. The summed E-state index contributed by atoms with van der Waals surface area (Å²) in [6, 6.07) is 9.02. The zero-order valence-corrected chi connectivity index (χ0v) is 15.2. The second-order valence-corrected chi connectivity index (χ2v) is 6.60. The highest BCUT2D eigenvalue weighted by molar-refractivity contribution is 5.66. The first-order chi connectivity index (χ1) is 13.3. The predicted molar refractivity (Wildman–Crippen MR) is 98.9 cm³/mol. The average Bonchev–Trinajstić information content (AvgIpc) is 3.28. The number of hydrogen-bond donors (Lipinski definition) is 1. The van der Waals surface area contributed by atoms with Crippen LogP contribution in [-0.2, 0) is 12.7 Å². The quantitative estimate of drug-likeness (QED) is 0.574. The van der Waals surface area contributed by atoms with Gasteiger partial charge in [-0.15, -0.1) is 0 Å². The Morgan fingerprint density at radius 2 is 2.00 bits per heavy atom. The molecule has 0 bridgehead atoms. The van der Waals surface area contributed by atoms with E-state index < -0.39 is 11.7 Å². The molecule has 6 nitrogen and oxygen atoms in total. The standard InChI is InChI=1S/C19H17F3N6/c1-12-6-18-25-17(8-16(28(18)26-12)14-9-23-24-10-14)27(2)11-13-4-3-5-15(7-13)19(20,21)22/h3-10H,11H2,1-2H3,(H,23,24). The molecule has 9 heteroatoms. The number of nitrogens with one attached hydrogen (secondary N) is 1. The number of aromatic amines is 1. The van der Waals surface area contributed by atoms with Crippen LogP contribution < -0.4 is 4.90 Å². The monoisotopic (exact) mass is 386 g/mol. The van der Waals surface area contributed by atoms with Gasteiger partial charge in [0.2, 0.25) is 0 Å². The van der Waals surface area contributed by atoms with E-state index in [-0.39, 0.29) is 6.54 Å². The van der Waals surface area contributed by atoms with Crippen molar-refractivity contribution in [1.82, 2.24) is 24.8 Å². The van der Waals surface area contributed by atoms with Crippen molar-refractivity contribution in [2.24, 2.45) is 0 Å².